The number of aryl methyl sites for hydroxylation is 1. The van der Waals surface area contributed by atoms with Crippen LogP contribution >= 0.6 is 0 Å². The van der Waals surface area contributed by atoms with Crippen LogP contribution in [0.5, 0.6) is 5.75 Å². The van der Waals surface area contributed by atoms with Crippen LogP contribution in [-0.4, -0.2) is 19.2 Å². The number of unbranched alkanes of at least 4 members (excludes halogenated alkanes) is 1. The van der Waals surface area contributed by atoms with E-state index in [1.807, 2.05) is 6.07 Å². The van der Waals surface area contributed by atoms with Gasteiger partial charge in [0.15, 0.2) is 0 Å². The molecule has 96 valence electrons. The highest BCUT2D eigenvalue weighted by Gasteiger charge is 2.06. The average molecular weight is 235 g/mol. The van der Waals surface area contributed by atoms with Crippen LogP contribution in [-0.2, 0) is 6.42 Å². The van der Waals surface area contributed by atoms with Gasteiger partial charge in [0.2, 0.25) is 0 Å². The zero-order chi connectivity index (χ0) is 12.5. The zero-order valence-electron chi connectivity index (χ0n) is 11.3. The van der Waals surface area contributed by atoms with E-state index in [1.165, 1.54) is 18.4 Å². The largest absolute Gasteiger partial charge is 0.489 e. The van der Waals surface area contributed by atoms with Gasteiger partial charge in [-0.05, 0) is 37.9 Å². The van der Waals surface area contributed by atoms with Gasteiger partial charge in [0.05, 0.1) is 0 Å². The van der Waals surface area contributed by atoms with Gasteiger partial charge in [0.1, 0.15) is 11.9 Å². The highest BCUT2D eigenvalue weighted by molar-refractivity contribution is 5.33. The third-order valence-corrected chi connectivity index (χ3v) is 2.82. The molecule has 0 saturated heterocycles. The van der Waals surface area contributed by atoms with Gasteiger partial charge < -0.3 is 10.1 Å². The molecule has 1 aromatic rings. The van der Waals surface area contributed by atoms with Gasteiger partial charge in [-0.15, -0.1) is 0 Å². The smallest absolute Gasteiger partial charge is 0.122 e. The molecule has 0 fully saturated rings. The Morgan fingerprint density at radius 3 is 2.71 bits per heavy atom. The molecule has 0 aliphatic heterocycles. The molecule has 0 amide bonds. The molecule has 2 nitrogen and oxygen atoms in total. The number of nitrogens with one attached hydrogen (secondary N) is 1. The van der Waals surface area contributed by atoms with Crippen molar-refractivity contribution < 1.29 is 4.74 Å². The molecular weight excluding hydrogens is 210 g/mol. The minimum Gasteiger partial charge on any atom is -0.489 e. The highest BCUT2D eigenvalue weighted by atomic mass is 16.5. The van der Waals surface area contributed by atoms with Crippen molar-refractivity contribution in [3.8, 4) is 5.75 Å². The minimum atomic E-state index is 0.222. The molecule has 2 heteroatoms. The van der Waals surface area contributed by atoms with Crippen molar-refractivity contribution in [2.75, 3.05) is 13.1 Å². The van der Waals surface area contributed by atoms with Crippen LogP contribution in [0.25, 0.3) is 0 Å². The van der Waals surface area contributed by atoms with Crippen LogP contribution in [0.2, 0.25) is 0 Å². The van der Waals surface area contributed by atoms with Gasteiger partial charge in [0.25, 0.3) is 0 Å². The van der Waals surface area contributed by atoms with E-state index in [0.717, 1.165) is 25.3 Å². The normalized spacial score (nSPS) is 12.4. The van der Waals surface area contributed by atoms with E-state index in [4.69, 9.17) is 4.74 Å². The fourth-order valence-corrected chi connectivity index (χ4v) is 1.78. The Hall–Kier alpha value is -1.02. The Labute approximate surface area is 105 Å². The second-order valence-corrected chi connectivity index (χ2v) is 4.45. The summed E-state index contributed by atoms with van der Waals surface area (Å²) in [5, 5.41) is 3.42. The summed E-state index contributed by atoms with van der Waals surface area (Å²) in [6.45, 7) is 8.48. The second kappa shape index (κ2) is 8.13. The zero-order valence-corrected chi connectivity index (χ0v) is 11.3. The SMILES string of the molecule is CCCCNCC(C)Oc1ccccc1CC. The quantitative estimate of drug-likeness (QED) is 0.697. The van der Waals surface area contributed by atoms with Crippen molar-refractivity contribution in [2.24, 2.45) is 0 Å². The molecule has 0 aliphatic carbocycles. The first-order valence-electron chi connectivity index (χ1n) is 6.73. The minimum absolute atomic E-state index is 0.222. The molecule has 0 heterocycles. The average Bonchev–Trinajstić information content (AvgIpc) is 2.35. The lowest BCUT2D eigenvalue weighted by Crippen LogP contribution is -2.29. The van der Waals surface area contributed by atoms with Gasteiger partial charge >= 0.3 is 0 Å². The molecule has 17 heavy (non-hydrogen) atoms. The molecule has 1 N–H and O–H groups in total. The van der Waals surface area contributed by atoms with Crippen molar-refractivity contribution in [3.05, 3.63) is 29.8 Å². The fourth-order valence-electron chi connectivity index (χ4n) is 1.78. The van der Waals surface area contributed by atoms with Crippen molar-refractivity contribution >= 4 is 0 Å². The Morgan fingerprint density at radius 2 is 2.00 bits per heavy atom. The molecular formula is C15H25NO. The topological polar surface area (TPSA) is 21.3 Å². The summed E-state index contributed by atoms with van der Waals surface area (Å²) in [6.07, 6.45) is 3.71. The van der Waals surface area contributed by atoms with Gasteiger partial charge in [-0.1, -0.05) is 38.5 Å². The first-order valence-corrected chi connectivity index (χ1v) is 6.73. The third-order valence-electron chi connectivity index (χ3n) is 2.82. The van der Waals surface area contributed by atoms with E-state index >= 15 is 0 Å². The summed E-state index contributed by atoms with van der Waals surface area (Å²) in [5.74, 6) is 1.03. The Kier molecular flexibility index (Phi) is 6.71. The Bertz CT molecular complexity index is 312. The van der Waals surface area contributed by atoms with Gasteiger partial charge in [-0.25, -0.2) is 0 Å². The predicted molar refractivity (Wildman–Crippen MR) is 73.7 cm³/mol. The van der Waals surface area contributed by atoms with Gasteiger partial charge in [0, 0.05) is 6.54 Å². The lowest BCUT2D eigenvalue weighted by Gasteiger charge is -2.17. The third kappa shape index (κ3) is 5.22. The molecule has 1 aromatic carbocycles. The monoisotopic (exact) mass is 235 g/mol. The maximum atomic E-state index is 5.95. The molecule has 1 rings (SSSR count). The Morgan fingerprint density at radius 1 is 1.24 bits per heavy atom. The van der Waals surface area contributed by atoms with Gasteiger partial charge in [-0.3, -0.25) is 0 Å². The maximum absolute atomic E-state index is 5.95. The number of benzene rings is 1. The van der Waals surface area contributed by atoms with Crippen LogP contribution in [0.4, 0.5) is 0 Å². The molecule has 0 aromatic heterocycles. The van der Waals surface area contributed by atoms with Crippen molar-refractivity contribution in [1.29, 1.82) is 0 Å². The lowest BCUT2D eigenvalue weighted by atomic mass is 10.1. The summed E-state index contributed by atoms with van der Waals surface area (Å²) in [6, 6.07) is 8.29. The summed E-state index contributed by atoms with van der Waals surface area (Å²) in [7, 11) is 0. The van der Waals surface area contributed by atoms with Crippen molar-refractivity contribution in [3.63, 3.8) is 0 Å². The van der Waals surface area contributed by atoms with E-state index in [2.05, 4.69) is 44.3 Å². The number of ether oxygens (including phenoxy) is 1. The Balaban J connectivity index is 2.36. The molecule has 0 bridgehead atoms. The van der Waals surface area contributed by atoms with Gasteiger partial charge in [-0.2, -0.15) is 0 Å². The summed E-state index contributed by atoms with van der Waals surface area (Å²) >= 11 is 0. The standard InChI is InChI=1S/C15H25NO/c1-4-6-11-16-12-13(3)17-15-10-8-7-9-14(15)5-2/h7-10,13,16H,4-6,11-12H2,1-3H3. The molecule has 0 saturated carbocycles. The fraction of sp³-hybridized carbons (Fsp3) is 0.600. The van der Waals surface area contributed by atoms with Crippen molar-refractivity contribution in [2.45, 2.75) is 46.1 Å². The number of rotatable bonds is 8. The van der Waals surface area contributed by atoms with E-state index in [0.29, 0.717) is 0 Å². The second-order valence-electron chi connectivity index (χ2n) is 4.45. The van der Waals surface area contributed by atoms with Crippen LogP contribution < -0.4 is 10.1 Å². The van der Waals surface area contributed by atoms with E-state index in [1.54, 1.807) is 0 Å². The molecule has 0 spiro atoms. The van der Waals surface area contributed by atoms with Crippen LogP contribution in [0.3, 0.4) is 0 Å². The number of hydrogen-bond acceptors (Lipinski definition) is 2. The van der Waals surface area contributed by atoms with E-state index < -0.39 is 0 Å². The maximum Gasteiger partial charge on any atom is 0.122 e. The molecule has 1 unspecified atom stereocenters. The number of para-hydroxylation sites is 1. The van der Waals surface area contributed by atoms with Crippen LogP contribution in [0.15, 0.2) is 24.3 Å². The van der Waals surface area contributed by atoms with E-state index in [-0.39, 0.29) is 6.10 Å². The van der Waals surface area contributed by atoms with E-state index in [9.17, 15) is 0 Å². The molecule has 0 aliphatic rings. The molecule has 0 radical (unpaired) electrons. The predicted octanol–water partition coefficient (Wildman–Crippen LogP) is 3.41. The first-order chi connectivity index (χ1) is 8.27. The highest BCUT2D eigenvalue weighted by Crippen LogP contribution is 2.19. The first kappa shape index (κ1) is 14.0. The lowest BCUT2D eigenvalue weighted by molar-refractivity contribution is 0.215. The number of hydrogen-bond donors (Lipinski definition) is 1. The summed E-state index contributed by atoms with van der Waals surface area (Å²) < 4.78 is 5.95. The molecule has 1 atom stereocenters. The van der Waals surface area contributed by atoms with Crippen LogP contribution in [0.1, 0.15) is 39.2 Å². The van der Waals surface area contributed by atoms with Crippen molar-refractivity contribution in [1.82, 2.24) is 5.32 Å². The summed E-state index contributed by atoms with van der Waals surface area (Å²) in [5.41, 5.74) is 1.29. The van der Waals surface area contributed by atoms with Crippen LogP contribution in [0, 0.1) is 0 Å². The summed E-state index contributed by atoms with van der Waals surface area (Å²) in [4.78, 5) is 0.